The molecule has 0 bridgehead atoms. The Balaban J connectivity index is 0.000000204. The van der Waals surface area contributed by atoms with Gasteiger partial charge in [0, 0.05) is 10.0 Å². The van der Waals surface area contributed by atoms with Crippen molar-refractivity contribution in [2.75, 3.05) is 0 Å². The molecule has 0 radical (unpaired) electrons. The lowest BCUT2D eigenvalue weighted by molar-refractivity contribution is 0.867. The lowest BCUT2D eigenvalue weighted by Gasteiger charge is -2.05. The molecule has 0 aliphatic heterocycles. The Labute approximate surface area is 132 Å². The third-order valence-electron chi connectivity index (χ3n) is 3.02. The minimum Gasteiger partial charge on any atom is -0.0843 e. The zero-order chi connectivity index (χ0) is 15.1. The summed E-state index contributed by atoms with van der Waals surface area (Å²) in [5.41, 5.74) is 2.60. The maximum absolute atomic E-state index is 5.81. The van der Waals surface area contributed by atoms with Gasteiger partial charge in [-0.2, -0.15) is 0 Å². The van der Waals surface area contributed by atoms with Gasteiger partial charge in [-0.25, -0.2) is 0 Å². The molecule has 0 aliphatic rings. The molecule has 0 N–H and O–H groups in total. The summed E-state index contributed by atoms with van der Waals surface area (Å²) in [5, 5.41) is 1.42. The fourth-order valence-electron chi connectivity index (χ4n) is 1.75. The van der Waals surface area contributed by atoms with Crippen LogP contribution in [-0.4, -0.2) is 0 Å². The third kappa shape index (κ3) is 5.98. The molecule has 2 heteroatoms. The maximum atomic E-state index is 5.81. The molecule has 108 valence electrons. The minimum atomic E-state index is 0.478. The van der Waals surface area contributed by atoms with Crippen molar-refractivity contribution in [1.29, 1.82) is 0 Å². The summed E-state index contributed by atoms with van der Waals surface area (Å²) >= 11 is 11.6. The Hall–Kier alpha value is -0.980. The smallest absolute Gasteiger partial charge is 0.0423 e. The van der Waals surface area contributed by atoms with Crippen molar-refractivity contribution in [2.45, 2.75) is 39.5 Å². The lowest BCUT2D eigenvalue weighted by atomic mass is 10.0. The molecule has 0 aromatic heterocycles. The van der Waals surface area contributed by atoms with Crippen LogP contribution in [-0.2, 0) is 0 Å². The van der Waals surface area contributed by atoms with Crippen molar-refractivity contribution in [1.82, 2.24) is 0 Å². The summed E-state index contributed by atoms with van der Waals surface area (Å²) in [6, 6.07) is 16.1. The maximum Gasteiger partial charge on any atom is 0.0423 e. The van der Waals surface area contributed by atoms with Crippen LogP contribution in [0.25, 0.3) is 0 Å². The molecular formula is C18H22Cl2. The zero-order valence-electron chi connectivity index (χ0n) is 12.5. The highest BCUT2D eigenvalue weighted by molar-refractivity contribution is 6.34. The molecule has 0 unspecified atom stereocenters. The first-order valence-electron chi connectivity index (χ1n) is 6.91. The Morgan fingerprint density at radius 1 is 0.650 bits per heavy atom. The van der Waals surface area contributed by atoms with Crippen molar-refractivity contribution in [2.24, 2.45) is 0 Å². The van der Waals surface area contributed by atoms with E-state index in [0.717, 1.165) is 0 Å². The number of benzene rings is 2. The first-order chi connectivity index (χ1) is 9.40. The summed E-state index contributed by atoms with van der Waals surface area (Å²) in [6.07, 6.45) is 0. The average Bonchev–Trinajstić information content (AvgIpc) is 2.39. The van der Waals surface area contributed by atoms with E-state index in [1.54, 1.807) is 6.07 Å². The Morgan fingerprint density at radius 2 is 1.10 bits per heavy atom. The average molecular weight is 309 g/mol. The van der Waals surface area contributed by atoms with E-state index in [1.165, 1.54) is 11.1 Å². The van der Waals surface area contributed by atoms with Crippen LogP contribution in [0.1, 0.15) is 50.7 Å². The van der Waals surface area contributed by atoms with Gasteiger partial charge >= 0.3 is 0 Å². The van der Waals surface area contributed by atoms with E-state index in [-0.39, 0.29) is 0 Å². The summed E-state index contributed by atoms with van der Waals surface area (Å²) in [6.45, 7) is 8.63. The summed E-state index contributed by atoms with van der Waals surface area (Å²) < 4.78 is 0. The summed E-state index contributed by atoms with van der Waals surface area (Å²) in [5.74, 6) is 1.14. The standard InChI is InChI=1S/C9H10Cl2.C9H12/c1-6(2)7-3-8(10)5-9(11)4-7;1-8(2)9-6-4-3-5-7-9/h3-6H,1-2H3;3-8H,1-2H3. The van der Waals surface area contributed by atoms with E-state index in [1.807, 2.05) is 18.2 Å². The molecule has 0 heterocycles. The highest BCUT2D eigenvalue weighted by atomic mass is 35.5. The highest BCUT2D eigenvalue weighted by Crippen LogP contribution is 2.23. The van der Waals surface area contributed by atoms with Gasteiger partial charge < -0.3 is 0 Å². The summed E-state index contributed by atoms with van der Waals surface area (Å²) in [7, 11) is 0. The van der Waals surface area contributed by atoms with Gasteiger partial charge in [0.05, 0.1) is 0 Å². The van der Waals surface area contributed by atoms with E-state index in [9.17, 15) is 0 Å². The van der Waals surface area contributed by atoms with Crippen LogP contribution in [0.3, 0.4) is 0 Å². The van der Waals surface area contributed by atoms with E-state index in [4.69, 9.17) is 23.2 Å². The highest BCUT2D eigenvalue weighted by Gasteiger charge is 2.01. The number of rotatable bonds is 2. The molecule has 0 atom stereocenters. The fraction of sp³-hybridized carbons (Fsp3) is 0.333. The van der Waals surface area contributed by atoms with Gasteiger partial charge in [-0.3, -0.25) is 0 Å². The molecule has 0 amide bonds. The molecule has 0 saturated carbocycles. The van der Waals surface area contributed by atoms with Crippen LogP contribution >= 0.6 is 23.2 Å². The Morgan fingerprint density at radius 3 is 1.45 bits per heavy atom. The van der Waals surface area contributed by atoms with Gasteiger partial charge in [-0.05, 0) is 41.2 Å². The minimum absolute atomic E-state index is 0.478. The molecule has 0 fully saturated rings. The van der Waals surface area contributed by atoms with Crippen LogP contribution < -0.4 is 0 Å². The van der Waals surface area contributed by atoms with Crippen molar-refractivity contribution in [3.63, 3.8) is 0 Å². The molecule has 2 aromatic carbocycles. The van der Waals surface area contributed by atoms with Crippen LogP contribution in [0.2, 0.25) is 10.0 Å². The largest absolute Gasteiger partial charge is 0.0843 e. The molecule has 0 spiro atoms. The molecule has 2 aromatic rings. The van der Waals surface area contributed by atoms with E-state index in [2.05, 4.69) is 52.0 Å². The molecule has 2 rings (SSSR count). The SMILES string of the molecule is CC(C)c1cc(Cl)cc(Cl)c1.CC(C)c1ccccc1. The predicted octanol–water partition coefficient (Wildman–Crippen LogP) is 6.93. The number of halogens is 2. The monoisotopic (exact) mass is 308 g/mol. The second-order valence-electron chi connectivity index (χ2n) is 5.42. The van der Waals surface area contributed by atoms with E-state index < -0.39 is 0 Å². The molecule has 0 aliphatic carbocycles. The van der Waals surface area contributed by atoms with E-state index in [0.29, 0.717) is 21.9 Å². The van der Waals surface area contributed by atoms with Crippen molar-refractivity contribution >= 4 is 23.2 Å². The molecule has 0 nitrogen and oxygen atoms in total. The van der Waals surface area contributed by atoms with Crippen LogP contribution in [0, 0.1) is 0 Å². The molecule has 0 saturated heterocycles. The van der Waals surface area contributed by atoms with Gasteiger partial charge in [0.25, 0.3) is 0 Å². The van der Waals surface area contributed by atoms with Crippen molar-refractivity contribution < 1.29 is 0 Å². The third-order valence-corrected chi connectivity index (χ3v) is 3.45. The zero-order valence-corrected chi connectivity index (χ0v) is 14.0. The van der Waals surface area contributed by atoms with E-state index >= 15 is 0 Å². The normalized spacial score (nSPS) is 10.4. The predicted molar refractivity (Wildman–Crippen MR) is 91.1 cm³/mol. The second-order valence-corrected chi connectivity index (χ2v) is 6.30. The van der Waals surface area contributed by atoms with Crippen molar-refractivity contribution in [3.05, 3.63) is 69.7 Å². The van der Waals surface area contributed by atoms with Crippen molar-refractivity contribution in [3.8, 4) is 0 Å². The molecular weight excluding hydrogens is 287 g/mol. The first-order valence-corrected chi connectivity index (χ1v) is 7.66. The fourth-order valence-corrected chi connectivity index (χ4v) is 2.29. The van der Waals surface area contributed by atoms with Crippen LogP contribution in [0.5, 0.6) is 0 Å². The number of hydrogen-bond acceptors (Lipinski definition) is 0. The number of hydrogen-bond donors (Lipinski definition) is 0. The van der Waals surface area contributed by atoms with Crippen LogP contribution in [0.15, 0.2) is 48.5 Å². The first kappa shape index (κ1) is 17.1. The molecule has 20 heavy (non-hydrogen) atoms. The quantitative estimate of drug-likeness (QED) is 0.564. The Bertz CT molecular complexity index is 496. The van der Waals surface area contributed by atoms with Gasteiger partial charge in [0.2, 0.25) is 0 Å². The van der Waals surface area contributed by atoms with Gasteiger partial charge in [0.1, 0.15) is 0 Å². The van der Waals surface area contributed by atoms with Gasteiger partial charge in [-0.15, -0.1) is 0 Å². The van der Waals surface area contributed by atoms with Gasteiger partial charge in [0.15, 0.2) is 0 Å². The topological polar surface area (TPSA) is 0 Å². The van der Waals surface area contributed by atoms with Crippen LogP contribution in [0.4, 0.5) is 0 Å². The second kappa shape index (κ2) is 8.34. The Kier molecular flexibility index (Phi) is 7.12. The lowest BCUT2D eigenvalue weighted by Crippen LogP contribution is -1.86. The van der Waals surface area contributed by atoms with Gasteiger partial charge in [-0.1, -0.05) is 81.2 Å². The summed E-state index contributed by atoms with van der Waals surface area (Å²) in [4.78, 5) is 0.